The van der Waals surface area contributed by atoms with Gasteiger partial charge < -0.3 is 5.32 Å². The van der Waals surface area contributed by atoms with Crippen LogP contribution in [0.1, 0.15) is 32.6 Å². The highest BCUT2D eigenvalue weighted by molar-refractivity contribution is 7.99. The summed E-state index contributed by atoms with van der Waals surface area (Å²) in [7, 11) is 0. The number of benzene rings is 1. The molecule has 1 heterocycles. The van der Waals surface area contributed by atoms with Crippen molar-refractivity contribution in [2.24, 2.45) is 17.8 Å². The number of nitrogens with zero attached hydrogens (tertiary/aromatic N) is 4. The average molecular weight is 357 g/mol. The standard InChI is InChI=1S/C18H23N5OS/c1-12(16-10-13-7-8-14(16)9-13)19-17(24)11-25-18-20-21-22-23(18)15-5-3-2-4-6-15/h2-6,12-14,16H,7-11H2,1H3,(H,19,24)/t12-,13+,14+,16+/m1/s1. The molecule has 0 unspecified atom stereocenters. The molecule has 0 radical (unpaired) electrons. The Kier molecular flexibility index (Phi) is 4.74. The molecule has 4 atom stereocenters. The number of hydrogen-bond donors (Lipinski definition) is 1. The molecule has 2 aliphatic rings. The summed E-state index contributed by atoms with van der Waals surface area (Å²) >= 11 is 1.37. The predicted molar refractivity (Wildman–Crippen MR) is 96.4 cm³/mol. The Bertz CT molecular complexity index is 734. The minimum atomic E-state index is 0.0582. The number of fused-ring (bicyclic) bond motifs is 2. The zero-order valence-corrected chi connectivity index (χ0v) is 15.2. The van der Waals surface area contributed by atoms with Gasteiger partial charge >= 0.3 is 0 Å². The normalized spacial score (nSPS) is 25.9. The molecule has 4 rings (SSSR count). The Morgan fingerprint density at radius 2 is 2.16 bits per heavy atom. The molecular formula is C18H23N5OS. The number of hydrogen-bond acceptors (Lipinski definition) is 5. The van der Waals surface area contributed by atoms with Crippen LogP contribution in [0.3, 0.4) is 0 Å². The molecule has 1 N–H and O–H groups in total. The summed E-state index contributed by atoms with van der Waals surface area (Å²) < 4.78 is 1.66. The Labute approximate surface area is 151 Å². The molecule has 2 saturated carbocycles. The largest absolute Gasteiger partial charge is 0.353 e. The number of aromatic nitrogens is 4. The van der Waals surface area contributed by atoms with Gasteiger partial charge in [-0.3, -0.25) is 4.79 Å². The molecule has 25 heavy (non-hydrogen) atoms. The van der Waals surface area contributed by atoms with E-state index in [0.717, 1.165) is 17.5 Å². The van der Waals surface area contributed by atoms with Crippen LogP contribution in [0.2, 0.25) is 0 Å². The smallest absolute Gasteiger partial charge is 0.230 e. The highest BCUT2D eigenvalue weighted by Gasteiger charge is 2.42. The van der Waals surface area contributed by atoms with E-state index >= 15 is 0 Å². The first-order valence-corrected chi connectivity index (χ1v) is 9.95. The summed E-state index contributed by atoms with van der Waals surface area (Å²) in [4.78, 5) is 12.3. The van der Waals surface area contributed by atoms with E-state index in [1.165, 1.54) is 37.4 Å². The molecule has 2 aliphatic carbocycles. The fraction of sp³-hybridized carbons (Fsp3) is 0.556. The highest BCUT2D eigenvalue weighted by atomic mass is 32.2. The van der Waals surface area contributed by atoms with E-state index in [2.05, 4.69) is 27.8 Å². The van der Waals surface area contributed by atoms with E-state index in [4.69, 9.17) is 0 Å². The lowest BCUT2D eigenvalue weighted by molar-refractivity contribution is -0.119. The number of amides is 1. The van der Waals surface area contributed by atoms with Gasteiger partial charge in [0.05, 0.1) is 11.4 Å². The van der Waals surface area contributed by atoms with E-state index in [1.807, 2.05) is 30.3 Å². The molecule has 132 valence electrons. The lowest BCUT2D eigenvalue weighted by Gasteiger charge is -2.28. The van der Waals surface area contributed by atoms with Gasteiger partial charge in [-0.1, -0.05) is 36.4 Å². The second kappa shape index (κ2) is 7.15. The lowest BCUT2D eigenvalue weighted by Crippen LogP contribution is -2.40. The van der Waals surface area contributed by atoms with Crippen molar-refractivity contribution < 1.29 is 4.79 Å². The summed E-state index contributed by atoms with van der Waals surface area (Å²) in [6, 6.07) is 9.97. The van der Waals surface area contributed by atoms with Crippen molar-refractivity contribution in [3.05, 3.63) is 30.3 Å². The molecule has 0 saturated heterocycles. The van der Waals surface area contributed by atoms with Crippen molar-refractivity contribution in [1.29, 1.82) is 0 Å². The van der Waals surface area contributed by atoms with Crippen LogP contribution in [0, 0.1) is 17.8 Å². The van der Waals surface area contributed by atoms with Crippen LogP contribution < -0.4 is 5.32 Å². The molecule has 2 fully saturated rings. The van der Waals surface area contributed by atoms with Crippen LogP contribution in [0.25, 0.3) is 5.69 Å². The van der Waals surface area contributed by atoms with Gasteiger partial charge in [0.1, 0.15) is 0 Å². The molecule has 0 spiro atoms. The summed E-state index contributed by atoms with van der Waals surface area (Å²) in [5.74, 6) is 2.76. The van der Waals surface area contributed by atoms with Crippen LogP contribution >= 0.6 is 11.8 Å². The molecule has 1 aromatic carbocycles. The Morgan fingerprint density at radius 1 is 1.32 bits per heavy atom. The summed E-state index contributed by atoms with van der Waals surface area (Å²) in [5.41, 5.74) is 0.894. The minimum Gasteiger partial charge on any atom is -0.353 e. The number of para-hydroxylation sites is 1. The van der Waals surface area contributed by atoms with Crippen molar-refractivity contribution in [2.45, 2.75) is 43.8 Å². The average Bonchev–Trinajstić information content (AvgIpc) is 3.37. The van der Waals surface area contributed by atoms with Crippen molar-refractivity contribution in [1.82, 2.24) is 25.5 Å². The van der Waals surface area contributed by atoms with Crippen LogP contribution in [0.4, 0.5) is 0 Å². The second-order valence-corrected chi connectivity index (χ2v) is 8.13. The maximum Gasteiger partial charge on any atom is 0.230 e. The molecule has 1 amide bonds. The second-order valence-electron chi connectivity index (χ2n) is 7.19. The minimum absolute atomic E-state index is 0.0582. The summed E-state index contributed by atoms with van der Waals surface area (Å²) in [5, 5.41) is 15.6. The first-order valence-electron chi connectivity index (χ1n) is 8.96. The van der Waals surface area contributed by atoms with Crippen molar-refractivity contribution in [3.63, 3.8) is 0 Å². The van der Waals surface area contributed by atoms with E-state index in [0.29, 0.717) is 16.8 Å². The van der Waals surface area contributed by atoms with Gasteiger partial charge in [0.15, 0.2) is 0 Å². The van der Waals surface area contributed by atoms with Crippen LogP contribution in [-0.2, 0) is 4.79 Å². The van der Waals surface area contributed by atoms with Gasteiger partial charge in [0.25, 0.3) is 0 Å². The van der Waals surface area contributed by atoms with Gasteiger partial charge in [-0.2, -0.15) is 4.68 Å². The Morgan fingerprint density at radius 3 is 2.88 bits per heavy atom. The van der Waals surface area contributed by atoms with Gasteiger partial charge in [-0.25, -0.2) is 0 Å². The van der Waals surface area contributed by atoms with Crippen molar-refractivity contribution >= 4 is 17.7 Å². The first-order chi connectivity index (χ1) is 12.2. The summed E-state index contributed by atoms with van der Waals surface area (Å²) in [6.07, 6.45) is 5.38. The molecule has 0 aliphatic heterocycles. The Hall–Kier alpha value is -1.89. The van der Waals surface area contributed by atoms with Gasteiger partial charge in [-0.15, -0.1) is 5.10 Å². The van der Waals surface area contributed by atoms with Gasteiger partial charge in [0.2, 0.25) is 11.1 Å². The third-order valence-electron chi connectivity index (χ3n) is 5.60. The third-order valence-corrected chi connectivity index (χ3v) is 6.52. The van der Waals surface area contributed by atoms with Crippen LogP contribution in [0.5, 0.6) is 0 Å². The van der Waals surface area contributed by atoms with E-state index in [-0.39, 0.29) is 11.9 Å². The zero-order valence-electron chi connectivity index (χ0n) is 14.3. The highest BCUT2D eigenvalue weighted by Crippen LogP contribution is 2.49. The fourth-order valence-electron chi connectivity index (χ4n) is 4.44. The third kappa shape index (κ3) is 3.56. The Balaban J connectivity index is 1.32. The molecule has 2 bridgehead atoms. The van der Waals surface area contributed by atoms with Gasteiger partial charge in [0, 0.05) is 6.04 Å². The molecule has 7 heteroatoms. The number of thioether (sulfide) groups is 1. The number of tetrazole rings is 1. The van der Waals surface area contributed by atoms with Gasteiger partial charge in [-0.05, 0) is 66.5 Å². The first kappa shape index (κ1) is 16.6. The van der Waals surface area contributed by atoms with E-state index in [1.54, 1.807) is 4.68 Å². The topological polar surface area (TPSA) is 72.7 Å². The maximum atomic E-state index is 12.3. The summed E-state index contributed by atoms with van der Waals surface area (Å²) in [6.45, 7) is 2.15. The predicted octanol–water partition coefficient (Wildman–Crippen LogP) is 2.70. The number of carbonyl (C=O) groups excluding carboxylic acids is 1. The van der Waals surface area contributed by atoms with Crippen molar-refractivity contribution in [2.75, 3.05) is 5.75 Å². The quantitative estimate of drug-likeness (QED) is 0.805. The fourth-order valence-corrected chi connectivity index (χ4v) is 5.14. The molecule has 2 aromatic rings. The number of nitrogens with one attached hydrogen (secondary N) is 1. The van der Waals surface area contributed by atoms with E-state index in [9.17, 15) is 4.79 Å². The SMILES string of the molecule is C[C@@H](NC(=O)CSc1nnnn1-c1ccccc1)[C@@H]1C[C@H]2CC[C@H]1C2. The van der Waals surface area contributed by atoms with E-state index < -0.39 is 0 Å². The zero-order chi connectivity index (χ0) is 17.2. The van der Waals surface area contributed by atoms with Crippen LogP contribution in [-0.4, -0.2) is 37.9 Å². The maximum absolute atomic E-state index is 12.3. The lowest BCUT2D eigenvalue weighted by atomic mass is 9.84. The number of rotatable bonds is 6. The van der Waals surface area contributed by atoms with Crippen molar-refractivity contribution in [3.8, 4) is 5.69 Å². The van der Waals surface area contributed by atoms with Crippen LogP contribution in [0.15, 0.2) is 35.5 Å². The molecule has 1 aromatic heterocycles. The molecular weight excluding hydrogens is 334 g/mol. The monoisotopic (exact) mass is 357 g/mol. The molecule has 6 nitrogen and oxygen atoms in total. The number of carbonyl (C=O) groups is 1.